The monoisotopic (exact) mass is 376 g/mol. The van der Waals surface area contributed by atoms with Gasteiger partial charge in [0.1, 0.15) is 5.65 Å². The minimum absolute atomic E-state index is 0.172. The molecule has 22 heavy (non-hydrogen) atoms. The number of hydrogen-bond donors (Lipinski definition) is 0. The predicted molar refractivity (Wildman–Crippen MR) is 96.5 cm³/mol. The van der Waals surface area contributed by atoms with Gasteiger partial charge in [-0.15, -0.1) is 0 Å². The summed E-state index contributed by atoms with van der Waals surface area (Å²) < 4.78 is 3.22. The Morgan fingerprint density at radius 1 is 1.18 bits per heavy atom. The Morgan fingerprint density at radius 3 is 2.64 bits per heavy atom. The first kappa shape index (κ1) is 15.6. The van der Waals surface area contributed by atoms with E-state index < -0.39 is 0 Å². The normalized spacial score (nSPS) is 12.0. The zero-order chi connectivity index (χ0) is 15.9. The minimum Gasteiger partial charge on any atom is -0.302 e. The largest absolute Gasteiger partial charge is 0.302 e. The van der Waals surface area contributed by atoms with Crippen LogP contribution in [0.5, 0.6) is 0 Å². The number of rotatable bonds is 2. The highest BCUT2D eigenvalue weighted by molar-refractivity contribution is 9.10. The Kier molecular flexibility index (Phi) is 4.04. The van der Waals surface area contributed by atoms with Crippen molar-refractivity contribution in [3.63, 3.8) is 0 Å². The van der Waals surface area contributed by atoms with Gasteiger partial charge in [-0.1, -0.05) is 44.5 Å². The predicted octanol–water partition coefficient (Wildman–Crippen LogP) is 6.01. The summed E-state index contributed by atoms with van der Waals surface area (Å²) in [4.78, 5) is 4.83. The molecule has 2 aromatic heterocycles. The topological polar surface area (TPSA) is 17.3 Å². The van der Waals surface area contributed by atoms with E-state index >= 15 is 0 Å². The first-order chi connectivity index (χ1) is 10.3. The lowest BCUT2D eigenvalue weighted by Gasteiger charge is -2.19. The van der Waals surface area contributed by atoms with E-state index in [4.69, 9.17) is 16.6 Å². The van der Waals surface area contributed by atoms with Crippen LogP contribution in [0.1, 0.15) is 26.5 Å². The lowest BCUT2D eigenvalue weighted by atomic mass is 9.89. The average molecular weight is 378 g/mol. The van der Waals surface area contributed by atoms with Crippen LogP contribution in [-0.2, 0) is 6.42 Å². The quantitative estimate of drug-likeness (QED) is 0.535. The number of imidazole rings is 1. The van der Waals surface area contributed by atoms with E-state index in [1.54, 1.807) is 0 Å². The number of hydrogen-bond acceptors (Lipinski definition) is 1. The van der Waals surface area contributed by atoms with Crippen LogP contribution in [0, 0.1) is 5.41 Å². The van der Waals surface area contributed by atoms with Gasteiger partial charge in [-0.2, -0.15) is 0 Å². The van der Waals surface area contributed by atoms with Crippen molar-refractivity contribution in [1.29, 1.82) is 0 Å². The molecule has 2 nitrogen and oxygen atoms in total. The molecule has 0 N–H and O–H groups in total. The van der Waals surface area contributed by atoms with Crippen LogP contribution >= 0.6 is 27.5 Å². The lowest BCUT2D eigenvalue weighted by molar-refractivity contribution is 0.405. The average Bonchev–Trinajstić information content (AvgIpc) is 2.75. The lowest BCUT2D eigenvalue weighted by Crippen LogP contribution is -2.11. The summed E-state index contributed by atoms with van der Waals surface area (Å²) in [5.74, 6) is 0. The molecule has 0 bridgehead atoms. The highest BCUT2D eigenvalue weighted by atomic mass is 79.9. The third-order valence-electron chi connectivity index (χ3n) is 3.48. The van der Waals surface area contributed by atoms with Gasteiger partial charge >= 0.3 is 0 Å². The Balaban J connectivity index is 2.26. The zero-order valence-corrected chi connectivity index (χ0v) is 15.2. The Hall–Kier alpha value is -1.32. The SMILES string of the molecule is CC(C)(C)Cc1c(-c2cccc(Cl)c2)nc2ccc(Br)cn12. The summed E-state index contributed by atoms with van der Waals surface area (Å²) in [7, 11) is 0. The van der Waals surface area contributed by atoms with E-state index in [-0.39, 0.29) is 5.41 Å². The van der Waals surface area contributed by atoms with Crippen LogP contribution in [-0.4, -0.2) is 9.38 Å². The van der Waals surface area contributed by atoms with Crippen LogP contribution in [0.15, 0.2) is 47.1 Å². The van der Waals surface area contributed by atoms with Crippen LogP contribution in [0.4, 0.5) is 0 Å². The smallest absolute Gasteiger partial charge is 0.137 e. The third kappa shape index (κ3) is 3.21. The number of benzene rings is 1. The van der Waals surface area contributed by atoms with Gasteiger partial charge < -0.3 is 4.40 Å². The van der Waals surface area contributed by atoms with Gasteiger partial charge in [0.2, 0.25) is 0 Å². The van der Waals surface area contributed by atoms with E-state index in [1.807, 2.05) is 30.3 Å². The minimum atomic E-state index is 0.172. The second kappa shape index (κ2) is 5.71. The van der Waals surface area contributed by atoms with E-state index in [1.165, 1.54) is 5.69 Å². The van der Waals surface area contributed by atoms with Crippen LogP contribution in [0.3, 0.4) is 0 Å². The number of pyridine rings is 1. The van der Waals surface area contributed by atoms with Gasteiger partial charge in [-0.3, -0.25) is 0 Å². The fourth-order valence-electron chi connectivity index (χ4n) is 2.61. The number of aromatic nitrogens is 2. The van der Waals surface area contributed by atoms with Gasteiger partial charge in [0.05, 0.1) is 11.4 Å². The molecule has 0 aliphatic rings. The maximum atomic E-state index is 6.16. The first-order valence-corrected chi connectivity index (χ1v) is 8.43. The van der Waals surface area contributed by atoms with E-state index in [9.17, 15) is 0 Å². The van der Waals surface area contributed by atoms with Gasteiger partial charge in [-0.25, -0.2) is 4.98 Å². The summed E-state index contributed by atoms with van der Waals surface area (Å²) in [5.41, 5.74) is 4.41. The van der Waals surface area contributed by atoms with Crippen molar-refractivity contribution in [3.8, 4) is 11.3 Å². The Labute approximate surface area is 144 Å². The summed E-state index contributed by atoms with van der Waals surface area (Å²) in [6.45, 7) is 6.73. The van der Waals surface area contributed by atoms with Gasteiger partial charge in [0, 0.05) is 21.3 Å². The molecule has 1 aromatic carbocycles. The van der Waals surface area contributed by atoms with E-state index in [0.29, 0.717) is 0 Å². The van der Waals surface area contributed by atoms with Crippen LogP contribution in [0.25, 0.3) is 16.9 Å². The molecule has 0 spiro atoms. The molecule has 114 valence electrons. The fourth-order valence-corrected chi connectivity index (χ4v) is 3.13. The molecule has 0 saturated carbocycles. The third-order valence-corrected chi connectivity index (χ3v) is 4.18. The molecule has 2 heterocycles. The standard InChI is InChI=1S/C18H18BrClN2/c1-18(2,3)10-15-17(12-5-4-6-14(20)9-12)21-16-8-7-13(19)11-22(15)16/h4-9,11H,10H2,1-3H3. The second-order valence-corrected chi connectivity index (χ2v) is 8.08. The van der Waals surface area contributed by atoms with Crippen molar-refractivity contribution in [3.05, 3.63) is 57.8 Å². The van der Waals surface area contributed by atoms with E-state index in [0.717, 1.165) is 32.8 Å². The Morgan fingerprint density at radius 2 is 1.95 bits per heavy atom. The molecule has 0 amide bonds. The van der Waals surface area contributed by atoms with E-state index in [2.05, 4.69) is 53.4 Å². The maximum Gasteiger partial charge on any atom is 0.137 e. The summed E-state index contributed by atoms with van der Waals surface area (Å²) in [6, 6.07) is 12.0. The van der Waals surface area contributed by atoms with Gasteiger partial charge in [-0.05, 0) is 52.0 Å². The number of nitrogens with zero attached hydrogens (tertiary/aromatic N) is 2. The molecule has 3 aromatic rings. The maximum absolute atomic E-state index is 6.16. The number of halogens is 2. The van der Waals surface area contributed by atoms with Crippen molar-refractivity contribution in [2.24, 2.45) is 5.41 Å². The van der Waals surface area contributed by atoms with Crippen molar-refractivity contribution in [2.45, 2.75) is 27.2 Å². The molecular weight excluding hydrogens is 360 g/mol. The van der Waals surface area contributed by atoms with Crippen LogP contribution in [0.2, 0.25) is 5.02 Å². The molecule has 3 rings (SSSR count). The zero-order valence-electron chi connectivity index (χ0n) is 12.9. The molecule has 4 heteroatoms. The fraction of sp³-hybridized carbons (Fsp3) is 0.278. The van der Waals surface area contributed by atoms with Gasteiger partial charge in [0.25, 0.3) is 0 Å². The molecule has 0 radical (unpaired) electrons. The molecule has 0 aliphatic heterocycles. The highest BCUT2D eigenvalue weighted by Crippen LogP contribution is 2.32. The van der Waals surface area contributed by atoms with Crippen molar-refractivity contribution >= 4 is 33.2 Å². The number of fused-ring (bicyclic) bond motifs is 1. The van der Waals surface area contributed by atoms with Crippen molar-refractivity contribution in [2.75, 3.05) is 0 Å². The summed E-state index contributed by atoms with van der Waals surface area (Å²) in [6.07, 6.45) is 3.02. The second-order valence-electron chi connectivity index (χ2n) is 6.73. The molecule has 0 unspecified atom stereocenters. The van der Waals surface area contributed by atoms with Gasteiger partial charge in [0.15, 0.2) is 0 Å². The Bertz CT molecular complexity index is 831. The van der Waals surface area contributed by atoms with Crippen molar-refractivity contribution < 1.29 is 0 Å². The van der Waals surface area contributed by atoms with Crippen LogP contribution < -0.4 is 0 Å². The molecular formula is C18H18BrClN2. The molecule has 0 atom stereocenters. The van der Waals surface area contributed by atoms with Crippen molar-refractivity contribution in [1.82, 2.24) is 9.38 Å². The first-order valence-electron chi connectivity index (χ1n) is 7.26. The molecule has 0 fully saturated rings. The molecule has 0 aliphatic carbocycles. The molecule has 0 saturated heterocycles. The summed E-state index contributed by atoms with van der Waals surface area (Å²) >= 11 is 9.72. The highest BCUT2D eigenvalue weighted by Gasteiger charge is 2.20. The summed E-state index contributed by atoms with van der Waals surface area (Å²) in [5, 5.41) is 0.734.